The van der Waals surface area contributed by atoms with Crippen molar-refractivity contribution < 1.29 is 8.42 Å². The Kier molecular flexibility index (Phi) is 4.83. The summed E-state index contributed by atoms with van der Waals surface area (Å²) in [5.41, 5.74) is 2.25. The molecule has 0 radical (unpaired) electrons. The van der Waals surface area contributed by atoms with Crippen LogP contribution in [-0.4, -0.2) is 27.9 Å². The van der Waals surface area contributed by atoms with Crippen molar-refractivity contribution >= 4 is 26.9 Å². The summed E-state index contributed by atoms with van der Waals surface area (Å²) in [5, 5.41) is 0.494. The van der Waals surface area contributed by atoms with Crippen LogP contribution in [0, 0.1) is 20.8 Å². The second kappa shape index (κ2) is 7.34. The van der Waals surface area contributed by atoms with Crippen LogP contribution in [-0.2, 0) is 10.0 Å². The van der Waals surface area contributed by atoms with E-state index >= 15 is 0 Å². The Hall–Kier alpha value is -3.59. The minimum atomic E-state index is -3.88. The topological polar surface area (TPSA) is 107 Å². The van der Waals surface area contributed by atoms with Crippen LogP contribution in [0.3, 0.4) is 0 Å². The zero-order valence-corrected chi connectivity index (χ0v) is 17.4. The number of hydrogen-bond donors (Lipinski definition) is 1. The first-order valence-electron chi connectivity index (χ1n) is 9.18. The lowest BCUT2D eigenvalue weighted by atomic mass is 10.2. The molecule has 2 aromatic heterocycles. The molecule has 2 aromatic carbocycles. The van der Waals surface area contributed by atoms with E-state index in [1.807, 2.05) is 6.07 Å². The van der Waals surface area contributed by atoms with E-state index in [0.717, 1.165) is 0 Å². The molecule has 0 aliphatic rings. The number of nitrogens with zero attached hydrogens (tertiary/aromatic N) is 4. The van der Waals surface area contributed by atoms with Gasteiger partial charge in [0.15, 0.2) is 0 Å². The molecule has 0 atom stereocenters. The van der Waals surface area contributed by atoms with Crippen molar-refractivity contribution in [2.75, 3.05) is 4.72 Å². The van der Waals surface area contributed by atoms with E-state index in [1.54, 1.807) is 57.2 Å². The largest absolute Gasteiger partial charge is 0.268 e. The third-order valence-corrected chi connectivity index (χ3v) is 5.90. The van der Waals surface area contributed by atoms with Gasteiger partial charge in [-0.05, 0) is 63.2 Å². The molecule has 152 valence electrons. The van der Waals surface area contributed by atoms with Gasteiger partial charge in [-0.25, -0.2) is 28.1 Å². The third-order valence-electron chi connectivity index (χ3n) is 4.56. The lowest BCUT2D eigenvalue weighted by Gasteiger charge is -2.12. The summed E-state index contributed by atoms with van der Waals surface area (Å²) in [6.45, 7) is 5.26. The normalized spacial score (nSPS) is 11.6. The van der Waals surface area contributed by atoms with Gasteiger partial charge in [-0.1, -0.05) is 12.1 Å². The SMILES string of the molecule is Cc1cc(C)nc(NS(=O)(=O)c2ccc(-n3c(C)nc4ccccc4c3=O)cc2)n1. The summed E-state index contributed by atoms with van der Waals surface area (Å²) in [4.78, 5) is 25.6. The van der Waals surface area contributed by atoms with E-state index in [9.17, 15) is 13.2 Å². The minimum Gasteiger partial charge on any atom is -0.268 e. The number of aryl methyl sites for hydroxylation is 3. The molecule has 9 heteroatoms. The van der Waals surface area contributed by atoms with Gasteiger partial charge in [-0.2, -0.15) is 0 Å². The van der Waals surface area contributed by atoms with Gasteiger partial charge in [0, 0.05) is 11.4 Å². The van der Waals surface area contributed by atoms with Gasteiger partial charge < -0.3 is 0 Å². The van der Waals surface area contributed by atoms with Crippen molar-refractivity contribution in [3.8, 4) is 5.69 Å². The summed E-state index contributed by atoms with van der Waals surface area (Å²) in [7, 11) is -3.88. The highest BCUT2D eigenvalue weighted by molar-refractivity contribution is 7.92. The molecule has 2 heterocycles. The summed E-state index contributed by atoms with van der Waals surface area (Å²) >= 11 is 0. The average molecular weight is 421 g/mol. The number of anilines is 1. The van der Waals surface area contributed by atoms with Gasteiger partial charge in [-0.15, -0.1) is 0 Å². The van der Waals surface area contributed by atoms with Crippen molar-refractivity contribution in [1.29, 1.82) is 0 Å². The molecular formula is C21H19N5O3S. The van der Waals surface area contributed by atoms with E-state index in [0.29, 0.717) is 33.8 Å². The Bertz CT molecular complexity index is 1410. The van der Waals surface area contributed by atoms with E-state index in [2.05, 4.69) is 19.7 Å². The van der Waals surface area contributed by atoms with Crippen molar-refractivity contribution in [2.45, 2.75) is 25.7 Å². The maximum atomic E-state index is 12.9. The second-order valence-electron chi connectivity index (χ2n) is 6.89. The van der Waals surface area contributed by atoms with Crippen LogP contribution >= 0.6 is 0 Å². The Morgan fingerprint density at radius 1 is 0.867 bits per heavy atom. The predicted octanol–water partition coefficient (Wildman–Crippen LogP) is 2.90. The number of benzene rings is 2. The first-order chi connectivity index (χ1) is 14.2. The molecule has 4 rings (SSSR count). The fraction of sp³-hybridized carbons (Fsp3) is 0.143. The predicted molar refractivity (Wildman–Crippen MR) is 114 cm³/mol. The van der Waals surface area contributed by atoms with Gasteiger partial charge in [-0.3, -0.25) is 9.36 Å². The molecular weight excluding hydrogens is 402 g/mol. The molecule has 0 aliphatic heterocycles. The Balaban J connectivity index is 1.71. The molecule has 0 bridgehead atoms. The molecule has 8 nitrogen and oxygen atoms in total. The van der Waals surface area contributed by atoms with Crippen LogP contribution in [0.5, 0.6) is 0 Å². The molecule has 0 aliphatic carbocycles. The standard InChI is InChI=1S/C21H19N5O3S/c1-13-12-14(2)23-21(22-13)25-30(28,29)17-10-8-16(9-11-17)26-15(3)24-19-7-5-4-6-18(19)20(26)27/h4-12H,1-3H3,(H,22,23,25). The maximum absolute atomic E-state index is 12.9. The Labute approximate surface area is 173 Å². The fourth-order valence-corrected chi connectivity index (χ4v) is 4.22. The molecule has 0 saturated heterocycles. The molecule has 0 saturated carbocycles. The molecule has 0 fully saturated rings. The van der Waals surface area contributed by atoms with Gasteiger partial charge in [0.2, 0.25) is 5.95 Å². The van der Waals surface area contributed by atoms with E-state index in [1.165, 1.54) is 16.7 Å². The quantitative estimate of drug-likeness (QED) is 0.543. The number of hydrogen-bond acceptors (Lipinski definition) is 6. The van der Waals surface area contributed by atoms with Crippen LogP contribution in [0.2, 0.25) is 0 Å². The van der Waals surface area contributed by atoms with Crippen LogP contribution in [0.4, 0.5) is 5.95 Å². The van der Waals surface area contributed by atoms with Crippen LogP contribution in [0.1, 0.15) is 17.2 Å². The third kappa shape index (κ3) is 3.67. The average Bonchev–Trinajstić information content (AvgIpc) is 2.67. The summed E-state index contributed by atoms with van der Waals surface area (Å²) in [5.74, 6) is 0.526. The second-order valence-corrected chi connectivity index (χ2v) is 8.57. The zero-order valence-electron chi connectivity index (χ0n) is 16.6. The smallest absolute Gasteiger partial charge is 0.265 e. The van der Waals surface area contributed by atoms with Gasteiger partial charge in [0.25, 0.3) is 15.6 Å². The van der Waals surface area contributed by atoms with Crippen molar-refractivity contribution in [1.82, 2.24) is 19.5 Å². The Morgan fingerprint density at radius 3 is 2.17 bits per heavy atom. The number of aromatic nitrogens is 4. The summed E-state index contributed by atoms with van der Waals surface area (Å²) in [6.07, 6.45) is 0. The number of sulfonamides is 1. The number of fused-ring (bicyclic) bond motifs is 1. The molecule has 0 unspecified atom stereocenters. The van der Waals surface area contributed by atoms with Crippen LogP contribution < -0.4 is 10.3 Å². The Morgan fingerprint density at radius 2 is 1.50 bits per heavy atom. The van der Waals surface area contributed by atoms with Gasteiger partial charge in [0.05, 0.1) is 21.5 Å². The maximum Gasteiger partial charge on any atom is 0.265 e. The molecule has 4 aromatic rings. The first kappa shape index (κ1) is 19.7. The van der Waals surface area contributed by atoms with Gasteiger partial charge >= 0.3 is 0 Å². The zero-order chi connectivity index (χ0) is 21.5. The monoisotopic (exact) mass is 421 g/mol. The lowest BCUT2D eigenvalue weighted by Crippen LogP contribution is -2.22. The highest BCUT2D eigenvalue weighted by Crippen LogP contribution is 2.18. The highest BCUT2D eigenvalue weighted by Gasteiger charge is 2.17. The molecule has 1 N–H and O–H groups in total. The number of para-hydroxylation sites is 1. The lowest BCUT2D eigenvalue weighted by molar-refractivity contribution is 0.600. The fourth-order valence-electron chi connectivity index (χ4n) is 3.27. The van der Waals surface area contributed by atoms with Crippen molar-refractivity contribution in [2.24, 2.45) is 0 Å². The van der Waals surface area contributed by atoms with Crippen molar-refractivity contribution in [3.05, 3.63) is 82.2 Å². The molecule has 0 spiro atoms. The number of nitrogens with one attached hydrogen (secondary N) is 1. The highest BCUT2D eigenvalue weighted by atomic mass is 32.2. The molecule has 30 heavy (non-hydrogen) atoms. The first-order valence-corrected chi connectivity index (χ1v) is 10.7. The van der Waals surface area contributed by atoms with Gasteiger partial charge in [0.1, 0.15) is 5.82 Å². The minimum absolute atomic E-state index is 0.0161. The molecule has 0 amide bonds. The van der Waals surface area contributed by atoms with Crippen molar-refractivity contribution in [3.63, 3.8) is 0 Å². The van der Waals surface area contributed by atoms with Crippen LogP contribution in [0.15, 0.2) is 64.3 Å². The number of rotatable bonds is 4. The van der Waals surface area contributed by atoms with E-state index in [-0.39, 0.29) is 16.4 Å². The summed E-state index contributed by atoms with van der Waals surface area (Å²) < 4.78 is 29.3. The van der Waals surface area contributed by atoms with E-state index < -0.39 is 10.0 Å². The van der Waals surface area contributed by atoms with Crippen LogP contribution in [0.25, 0.3) is 16.6 Å². The summed E-state index contributed by atoms with van der Waals surface area (Å²) in [6, 6.07) is 14.9. The van der Waals surface area contributed by atoms with E-state index in [4.69, 9.17) is 0 Å².